The van der Waals surface area contributed by atoms with Crippen LogP contribution >= 0.6 is 0 Å². The van der Waals surface area contributed by atoms with Crippen LogP contribution < -0.4 is 4.74 Å². The fourth-order valence-corrected chi connectivity index (χ4v) is 3.85. The van der Waals surface area contributed by atoms with E-state index in [9.17, 15) is 19.2 Å². The van der Waals surface area contributed by atoms with Crippen LogP contribution in [0.25, 0.3) is 0 Å². The van der Waals surface area contributed by atoms with Gasteiger partial charge in [0.2, 0.25) is 5.78 Å². The van der Waals surface area contributed by atoms with E-state index in [0.717, 1.165) is 17.7 Å². The third-order valence-electron chi connectivity index (χ3n) is 5.64. The van der Waals surface area contributed by atoms with E-state index in [-0.39, 0.29) is 35.1 Å². The van der Waals surface area contributed by atoms with Crippen molar-refractivity contribution in [2.45, 2.75) is 32.0 Å². The molecular weight excluding hydrogens is 414 g/mol. The number of carbonyl (C=O) groups is 4. The van der Waals surface area contributed by atoms with Crippen molar-refractivity contribution in [3.8, 4) is 5.75 Å². The molecule has 2 aliphatic rings. The Bertz CT molecular complexity index is 1070. The Hall–Kier alpha value is -3.52. The first-order valence-corrected chi connectivity index (χ1v) is 10.4. The molecule has 0 aromatic heterocycles. The van der Waals surface area contributed by atoms with Crippen molar-refractivity contribution in [3.63, 3.8) is 0 Å². The Morgan fingerprint density at radius 3 is 2.41 bits per heavy atom. The Morgan fingerprint density at radius 1 is 1.06 bits per heavy atom. The zero-order valence-corrected chi connectivity index (χ0v) is 17.8. The van der Waals surface area contributed by atoms with Gasteiger partial charge in [-0.3, -0.25) is 19.3 Å². The van der Waals surface area contributed by atoms with Gasteiger partial charge in [-0.05, 0) is 62.2 Å². The third kappa shape index (κ3) is 4.13. The highest BCUT2D eigenvalue weighted by atomic mass is 16.5. The second kappa shape index (κ2) is 8.92. The number of esters is 1. The van der Waals surface area contributed by atoms with Crippen molar-refractivity contribution < 1.29 is 33.4 Å². The monoisotopic (exact) mass is 437 g/mol. The van der Waals surface area contributed by atoms with E-state index in [4.69, 9.17) is 14.2 Å². The van der Waals surface area contributed by atoms with Crippen molar-refractivity contribution in [2.75, 3.05) is 20.3 Å². The Morgan fingerprint density at radius 2 is 1.75 bits per heavy atom. The molecule has 0 radical (unpaired) electrons. The Balaban J connectivity index is 1.45. The zero-order chi connectivity index (χ0) is 22.8. The van der Waals surface area contributed by atoms with Gasteiger partial charge in [0, 0.05) is 12.2 Å². The van der Waals surface area contributed by atoms with Gasteiger partial charge in [0.15, 0.2) is 6.10 Å². The molecule has 0 aliphatic carbocycles. The average Bonchev–Trinajstić information content (AvgIpc) is 3.41. The number of ether oxygens (including phenoxy) is 3. The summed E-state index contributed by atoms with van der Waals surface area (Å²) in [6.07, 6.45) is 0.506. The molecule has 2 aromatic rings. The molecule has 0 unspecified atom stereocenters. The summed E-state index contributed by atoms with van der Waals surface area (Å²) >= 11 is 0. The molecule has 32 heavy (non-hydrogen) atoms. The van der Waals surface area contributed by atoms with Crippen molar-refractivity contribution in [1.29, 1.82) is 0 Å². The zero-order valence-electron chi connectivity index (χ0n) is 17.8. The number of rotatable bonds is 7. The number of nitrogens with zero attached hydrogens (tertiary/aromatic N) is 1. The van der Waals surface area contributed by atoms with Crippen LogP contribution in [0.1, 0.15) is 61.2 Å². The smallest absolute Gasteiger partial charge is 0.338 e. The molecule has 8 nitrogen and oxygen atoms in total. The lowest BCUT2D eigenvalue weighted by molar-refractivity contribution is 0.0318. The second-order valence-electron chi connectivity index (χ2n) is 7.76. The van der Waals surface area contributed by atoms with Crippen LogP contribution in [0.5, 0.6) is 5.75 Å². The number of imide groups is 1. The summed E-state index contributed by atoms with van der Waals surface area (Å²) in [5.41, 5.74) is 0.868. The van der Waals surface area contributed by atoms with Gasteiger partial charge in [-0.25, -0.2) is 4.79 Å². The largest absolute Gasteiger partial charge is 0.497 e. The SMILES string of the molecule is COc1ccc(C(=O)[C@@H](C)OC(=O)c2ccc3c(c2)C(=O)N(C[C@@H]2CCCO2)C3=O)cc1. The minimum atomic E-state index is -1.03. The van der Waals surface area contributed by atoms with Gasteiger partial charge in [0.05, 0.1) is 36.4 Å². The maximum Gasteiger partial charge on any atom is 0.338 e. The fraction of sp³-hybridized carbons (Fsp3) is 0.333. The van der Waals surface area contributed by atoms with Crippen molar-refractivity contribution >= 4 is 23.6 Å². The van der Waals surface area contributed by atoms with E-state index in [1.54, 1.807) is 24.3 Å². The first-order chi connectivity index (χ1) is 15.4. The molecule has 166 valence electrons. The van der Waals surface area contributed by atoms with Crippen LogP contribution in [-0.4, -0.2) is 60.9 Å². The highest BCUT2D eigenvalue weighted by Gasteiger charge is 2.38. The predicted molar refractivity (Wildman–Crippen MR) is 113 cm³/mol. The summed E-state index contributed by atoms with van der Waals surface area (Å²) in [6, 6.07) is 10.7. The predicted octanol–water partition coefficient (Wildman–Crippen LogP) is 2.90. The molecule has 2 atom stereocenters. The number of hydrogen-bond donors (Lipinski definition) is 0. The van der Waals surface area contributed by atoms with Gasteiger partial charge in [0.1, 0.15) is 5.75 Å². The van der Waals surface area contributed by atoms with Crippen LogP contribution in [0.2, 0.25) is 0 Å². The molecule has 0 bridgehead atoms. The molecule has 2 amide bonds. The molecule has 2 heterocycles. The normalized spacial score (nSPS) is 18.4. The van der Waals surface area contributed by atoms with E-state index in [1.807, 2.05) is 0 Å². The summed E-state index contributed by atoms with van der Waals surface area (Å²) in [4.78, 5) is 51.7. The van der Waals surface area contributed by atoms with Crippen LogP contribution in [0, 0.1) is 0 Å². The first kappa shape index (κ1) is 21.7. The van der Waals surface area contributed by atoms with Crippen molar-refractivity contribution in [2.24, 2.45) is 0 Å². The molecular formula is C24H23NO7. The number of ketones is 1. The number of hydrogen-bond acceptors (Lipinski definition) is 7. The van der Waals surface area contributed by atoms with E-state index in [0.29, 0.717) is 17.9 Å². The minimum absolute atomic E-state index is 0.0956. The molecule has 0 saturated carbocycles. The Kier molecular flexibility index (Phi) is 6.05. The fourth-order valence-electron chi connectivity index (χ4n) is 3.85. The number of Topliss-reactive ketones (excluding diaryl/α,β-unsaturated/α-hetero) is 1. The molecule has 8 heteroatoms. The van der Waals surface area contributed by atoms with Gasteiger partial charge in [-0.15, -0.1) is 0 Å². The lowest BCUT2D eigenvalue weighted by Crippen LogP contribution is -2.36. The second-order valence-corrected chi connectivity index (χ2v) is 7.76. The van der Waals surface area contributed by atoms with E-state index < -0.39 is 23.9 Å². The van der Waals surface area contributed by atoms with Gasteiger partial charge in [-0.1, -0.05) is 0 Å². The van der Waals surface area contributed by atoms with Crippen LogP contribution in [0.15, 0.2) is 42.5 Å². The van der Waals surface area contributed by atoms with Gasteiger partial charge >= 0.3 is 5.97 Å². The third-order valence-corrected chi connectivity index (χ3v) is 5.64. The topological polar surface area (TPSA) is 99.2 Å². The molecule has 2 aliphatic heterocycles. The lowest BCUT2D eigenvalue weighted by Gasteiger charge is -2.17. The van der Waals surface area contributed by atoms with Crippen LogP contribution in [-0.2, 0) is 9.47 Å². The van der Waals surface area contributed by atoms with E-state index in [1.165, 1.54) is 32.2 Å². The summed E-state index contributed by atoms with van der Waals surface area (Å²) in [5, 5.41) is 0. The molecule has 0 N–H and O–H groups in total. The van der Waals surface area contributed by atoms with Crippen LogP contribution in [0.4, 0.5) is 0 Å². The first-order valence-electron chi connectivity index (χ1n) is 10.4. The van der Waals surface area contributed by atoms with Crippen molar-refractivity contribution in [3.05, 3.63) is 64.7 Å². The summed E-state index contributed by atoms with van der Waals surface area (Å²) < 4.78 is 15.9. The number of fused-ring (bicyclic) bond motifs is 1. The number of benzene rings is 2. The number of carbonyl (C=O) groups excluding carboxylic acids is 4. The molecule has 0 spiro atoms. The highest BCUT2D eigenvalue weighted by Crippen LogP contribution is 2.26. The quantitative estimate of drug-likeness (QED) is 0.373. The molecule has 4 rings (SSSR count). The highest BCUT2D eigenvalue weighted by molar-refractivity contribution is 6.22. The summed E-state index contributed by atoms with van der Waals surface area (Å²) in [5.74, 6) is -1.37. The standard InChI is InChI=1S/C24H23NO7/c1-14(21(26)15-5-8-17(30-2)9-6-15)32-24(29)16-7-10-19-20(12-16)23(28)25(22(19)27)13-18-4-3-11-31-18/h5-10,12,14,18H,3-4,11,13H2,1-2H3/t14-,18+/m1/s1. The molecule has 1 fully saturated rings. The van der Waals surface area contributed by atoms with Gasteiger partial charge < -0.3 is 14.2 Å². The average molecular weight is 437 g/mol. The van der Waals surface area contributed by atoms with Crippen molar-refractivity contribution in [1.82, 2.24) is 4.90 Å². The maximum atomic E-state index is 12.8. The van der Waals surface area contributed by atoms with Gasteiger partial charge in [-0.2, -0.15) is 0 Å². The van der Waals surface area contributed by atoms with Gasteiger partial charge in [0.25, 0.3) is 11.8 Å². The molecule has 2 aromatic carbocycles. The van der Waals surface area contributed by atoms with Crippen LogP contribution in [0.3, 0.4) is 0 Å². The summed E-state index contributed by atoms with van der Waals surface area (Å²) in [7, 11) is 1.53. The van der Waals surface area contributed by atoms with E-state index in [2.05, 4.69) is 0 Å². The maximum absolute atomic E-state index is 12.8. The summed E-state index contributed by atoms with van der Waals surface area (Å²) in [6.45, 7) is 2.30. The molecule has 1 saturated heterocycles. The lowest BCUT2D eigenvalue weighted by atomic mass is 10.1. The number of methoxy groups -OCH3 is 1. The van der Waals surface area contributed by atoms with E-state index >= 15 is 0 Å². The Labute approximate surface area is 185 Å². The number of amides is 2. The minimum Gasteiger partial charge on any atom is -0.497 e.